The lowest BCUT2D eigenvalue weighted by atomic mass is 10.0. The molecule has 8 heteroatoms. The standard InChI is InChI=1S/C25H26ClN3O4/c26-20-12-21-18(11-17(20)15-1-3-16(4-2-15)29-6-9-30-10-7-29)19(13-27)25(28-21)33-23-14-32-22-5-8-31-24(22)23/h1-4,11-13,22-24,27-28H,5-10,14H2/t22?,23-,24?/m1/s1. The third kappa shape index (κ3) is 3.79. The highest BCUT2D eigenvalue weighted by Crippen LogP contribution is 2.38. The number of benzene rings is 2. The van der Waals surface area contributed by atoms with Crippen LogP contribution >= 0.6 is 11.6 Å². The Kier molecular flexibility index (Phi) is 5.50. The van der Waals surface area contributed by atoms with Gasteiger partial charge in [-0.2, -0.15) is 0 Å². The van der Waals surface area contributed by atoms with Gasteiger partial charge in [0.1, 0.15) is 6.10 Å². The summed E-state index contributed by atoms with van der Waals surface area (Å²) >= 11 is 6.69. The van der Waals surface area contributed by atoms with Gasteiger partial charge in [-0.25, -0.2) is 0 Å². The number of hydrogen-bond donors (Lipinski definition) is 2. The molecule has 0 saturated carbocycles. The van der Waals surface area contributed by atoms with Crippen LogP contribution in [0.5, 0.6) is 5.88 Å². The minimum Gasteiger partial charge on any atom is -0.470 e. The fraction of sp³-hybridized carbons (Fsp3) is 0.400. The fourth-order valence-corrected chi connectivity index (χ4v) is 5.30. The van der Waals surface area contributed by atoms with Crippen LogP contribution in [-0.4, -0.2) is 69.0 Å². The van der Waals surface area contributed by atoms with Crippen LogP contribution in [0.1, 0.15) is 12.0 Å². The molecule has 3 aliphatic rings. The van der Waals surface area contributed by atoms with Crippen molar-refractivity contribution < 1.29 is 18.9 Å². The van der Waals surface area contributed by atoms with Gasteiger partial charge >= 0.3 is 0 Å². The zero-order chi connectivity index (χ0) is 22.4. The number of anilines is 1. The molecule has 1 aromatic heterocycles. The highest BCUT2D eigenvalue weighted by Gasteiger charge is 2.43. The maximum Gasteiger partial charge on any atom is 0.201 e. The van der Waals surface area contributed by atoms with Crippen LogP contribution in [0.3, 0.4) is 0 Å². The van der Waals surface area contributed by atoms with E-state index in [1.807, 2.05) is 12.1 Å². The lowest BCUT2D eigenvalue weighted by molar-refractivity contribution is 0.0292. The SMILES string of the molecule is N=Cc1c(O[C@@H]2COC3CCOC32)[nH]c2cc(Cl)c(-c3ccc(N4CCOCC4)cc3)cc12. The highest BCUT2D eigenvalue weighted by atomic mass is 35.5. The van der Waals surface area contributed by atoms with E-state index < -0.39 is 0 Å². The van der Waals surface area contributed by atoms with Crippen LogP contribution in [0.25, 0.3) is 22.0 Å². The van der Waals surface area contributed by atoms with Gasteiger partial charge in [0.05, 0.1) is 42.0 Å². The van der Waals surface area contributed by atoms with E-state index in [-0.39, 0.29) is 18.3 Å². The monoisotopic (exact) mass is 467 g/mol. The first kappa shape index (κ1) is 21.0. The summed E-state index contributed by atoms with van der Waals surface area (Å²) in [5.74, 6) is 0.556. The molecule has 2 N–H and O–H groups in total. The Morgan fingerprint density at radius 1 is 1.09 bits per heavy atom. The van der Waals surface area contributed by atoms with E-state index in [1.165, 1.54) is 11.9 Å². The van der Waals surface area contributed by atoms with Gasteiger partial charge in [-0.15, -0.1) is 0 Å². The van der Waals surface area contributed by atoms with Gasteiger partial charge in [-0.05, 0) is 36.2 Å². The summed E-state index contributed by atoms with van der Waals surface area (Å²) in [6.07, 6.45) is 2.09. The number of rotatable bonds is 5. The Morgan fingerprint density at radius 3 is 2.70 bits per heavy atom. The molecular weight excluding hydrogens is 442 g/mol. The molecule has 0 aliphatic carbocycles. The molecule has 0 bridgehead atoms. The maximum atomic E-state index is 8.04. The quantitative estimate of drug-likeness (QED) is 0.548. The van der Waals surface area contributed by atoms with Crippen molar-refractivity contribution in [3.05, 3.63) is 47.0 Å². The van der Waals surface area contributed by atoms with E-state index in [2.05, 4.69) is 34.1 Å². The van der Waals surface area contributed by atoms with E-state index in [4.69, 9.17) is 36.0 Å². The average molecular weight is 468 g/mol. The first-order valence-corrected chi connectivity index (χ1v) is 11.8. The number of halogens is 1. The van der Waals surface area contributed by atoms with Crippen molar-refractivity contribution in [3.8, 4) is 17.0 Å². The van der Waals surface area contributed by atoms with E-state index >= 15 is 0 Å². The molecule has 0 amide bonds. The summed E-state index contributed by atoms with van der Waals surface area (Å²) < 4.78 is 23.3. The summed E-state index contributed by atoms with van der Waals surface area (Å²) in [4.78, 5) is 5.63. The molecular formula is C25H26ClN3O4. The number of nitrogens with zero attached hydrogens (tertiary/aromatic N) is 1. The molecule has 3 aromatic rings. The summed E-state index contributed by atoms with van der Waals surface area (Å²) in [6.45, 7) is 4.51. The van der Waals surface area contributed by atoms with Gasteiger partial charge in [-0.1, -0.05) is 23.7 Å². The van der Waals surface area contributed by atoms with Gasteiger partial charge in [0.15, 0.2) is 6.10 Å². The van der Waals surface area contributed by atoms with Crippen molar-refractivity contribution in [3.63, 3.8) is 0 Å². The number of H-pyrrole nitrogens is 1. The highest BCUT2D eigenvalue weighted by molar-refractivity contribution is 6.34. The van der Waals surface area contributed by atoms with Crippen LogP contribution in [-0.2, 0) is 14.2 Å². The number of nitrogens with one attached hydrogen (secondary N) is 2. The van der Waals surface area contributed by atoms with E-state index in [0.717, 1.165) is 54.8 Å². The zero-order valence-electron chi connectivity index (χ0n) is 18.2. The number of ether oxygens (including phenoxy) is 4. The van der Waals surface area contributed by atoms with Gasteiger partial charge < -0.3 is 34.2 Å². The second kappa shape index (κ2) is 8.65. The van der Waals surface area contributed by atoms with Crippen LogP contribution in [0.4, 0.5) is 5.69 Å². The molecule has 33 heavy (non-hydrogen) atoms. The van der Waals surface area contributed by atoms with Crippen molar-refractivity contribution in [1.29, 1.82) is 5.41 Å². The van der Waals surface area contributed by atoms with E-state index in [1.54, 1.807) is 0 Å². The molecule has 2 unspecified atom stereocenters. The number of aromatic nitrogens is 1. The van der Waals surface area contributed by atoms with Crippen LogP contribution in [0, 0.1) is 5.41 Å². The first-order chi connectivity index (χ1) is 16.2. The predicted molar refractivity (Wildman–Crippen MR) is 128 cm³/mol. The van der Waals surface area contributed by atoms with Gasteiger partial charge in [0.2, 0.25) is 5.88 Å². The fourth-order valence-electron chi connectivity index (χ4n) is 5.02. The number of morpholine rings is 1. The van der Waals surface area contributed by atoms with Crippen LogP contribution in [0.2, 0.25) is 5.02 Å². The van der Waals surface area contributed by atoms with Crippen molar-refractivity contribution in [2.75, 3.05) is 44.4 Å². The molecule has 6 rings (SSSR count). The molecule has 0 spiro atoms. The van der Waals surface area contributed by atoms with E-state index in [9.17, 15) is 0 Å². The molecule has 0 radical (unpaired) electrons. The van der Waals surface area contributed by atoms with Gasteiger partial charge in [0.25, 0.3) is 0 Å². The lowest BCUT2D eigenvalue weighted by Gasteiger charge is -2.29. The normalized spacial score (nSPS) is 24.9. The Balaban J connectivity index is 1.31. The van der Waals surface area contributed by atoms with Crippen molar-refractivity contribution in [1.82, 2.24) is 4.98 Å². The third-order valence-corrected chi connectivity index (χ3v) is 7.09. The summed E-state index contributed by atoms with van der Waals surface area (Å²) in [5, 5.41) is 9.59. The Hall–Kier alpha value is -2.58. The topological polar surface area (TPSA) is 79.8 Å². The largest absolute Gasteiger partial charge is 0.470 e. The molecule has 172 valence electrons. The predicted octanol–water partition coefficient (Wildman–Crippen LogP) is 4.26. The molecule has 3 atom stereocenters. The minimum absolute atomic E-state index is 0.0564. The van der Waals surface area contributed by atoms with Gasteiger partial charge in [0, 0.05) is 42.5 Å². The average Bonchev–Trinajstić information content (AvgIpc) is 3.55. The summed E-state index contributed by atoms with van der Waals surface area (Å²) in [5.41, 5.74) is 4.68. The number of hydrogen-bond acceptors (Lipinski definition) is 6. The maximum absolute atomic E-state index is 8.04. The summed E-state index contributed by atoms with van der Waals surface area (Å²) in [7, 11) is 0. The second-order valence-electron chi connectivity index (χ2n) is 8.69. The molecule has 7 nitrogen and oxygen atoms in total. The third-order valence-electron chi connectivity index (χ3n) is 6.78. The second-order valence-corrected chi connectivity index (χ2v) is 9.10. The van der Waals surface area contributed by atoms with E-state index in [0.29, 0.717) is 29.7 Å². The Morgan fingerprint density at radius 2 is 1.91 bits per heavy atom. The smallest absolute Gasteiger partial charge is 0.201 e. The molecule has 3 aliphatic heterocycles. The van der Waals surface area contributed by atoms with Crippen LogP contribution in [0.15, 0.2) is 36.4 Å². The molecule has 2 aromatic carbocycles. The van der Waals surface area contributed by atoms with Crippen molar-refractivity contribution in [2.24, 2.45) is 0 Å². The van der Waals surface area contributed by atoms with Crippen molar-refractivity contribution >= 4 is 34.4 Å². The minimum atomic E-state index is -0.188. The molecule has 3 fully saturated rings. The first-order valence-electron chi connectivity index (χ1n) is 11.4. The zero-order valence-corrected chi connectivity index (χ0v) is 18.9. The van der Waals surface area contributed by atoms with Crippen molar-refractivity contribution in [2.45, 2.75) is 24.7 Å². The lowest BCUT2D eigenvalue weighted by Crippen LogP contribution is -2.36. The van der Waals surface area contributed by atoms with Gasteiger partial charge in [-0.3, -0.25) is 0 Å². The molecule has 4 heterocycles. The molecule has 3 saturated heterocycles. The number of aromatic amines is 1. The summed E-state index contributed by atoms with van der Waals surface area (Å²) in [6, 6.07) is 12.4. The van der Waals surface area contributed by atoms with Crippen LogP contribution < -0.4 is 9.64 Å². The Labute approximate surface area is 197 Å². The number of fused-ring (bicyclic) bond motifs is 2. The Bertz CT molecular complexity index is 1170.